The average Bonchev–Trinajstić information content (AvgIpc) is 2.21. The molecule has 0 radical (unpaired) electrons. The standard InChI is InChI=1S/C12H12BrF2NO2/c13-7-3-9(14)11(10(15)4-7)12(18)16-5-6-1-8(17)2-6/h3-4,6,8,17H,1-2,5H2,(H,16,18). The lowest BCUT2D eigenvalue weighted by atomic mass is 9.82. The van der Waals surface area contributed by atoms with Gasteiger partial charge in [0.05, 0.1) is 6.10 Å². The number of aliphatic hydroxyl groups is 1. The van der Waals surface area contributed by atoms with Crippen molar-refractivity contribution in [3.63, 3.8) is 0 Å². The number of benzene rings is 1. The monoisotopic (exact) mass is 319 g/mol. The van der Waals surface area contributed by atoms with Gasteiger partial charge in [0.1, 0.15) is 17.2 Å². The van der Waals surface area contributed by atoms with Gasteiger partial charge in [-0.15, -0.1) is 0 Å². The van der Waals surface area contributed by atoms with E-state index in [1.807, 2.05) is 0 Å². The SMILES string of the molecule is O=C(NCC1CC(O)C1)c1c(F)cc(Br)cc1F. The van der Waals surface area contributed by atoms with E-state index in [0.717, 1.165) is 12.1 Å². The van der Waals surface area contributed by atoms with E-state index < -0.39 is 23.1 Å². The van der Waals surface area contributed by atoms with Crippen LogP contribution in [0.25, 0.3) is 0 Å². The Bertz CT molecular complexity index is 452. The first-order valence-electron chi connectivity index (χ1n) is 5.58. The van der Waals surface area contributed by atoms with Crippen LogP contribution in [0.1, 0.15) is 23.2 Å². The van der Waals surface area contributed by atoms with Crippen molar-refractivity contribution in [2.75, 3.05) is 6.54 Å². The molecule has 1 aliphatic carbocycles. The predicted molar refractivity (Wildman–Crippen MR) is 65.1 cm³/mol. The number of rotatable bonds is 3. The van der Waals surface area contributed by atoms with Crippen molar-refractivity contribution in [1.82, 2.24) is 5.32 Å². The van der Waals surface area contributed by atoms with Crippen LogP contribution >= 0.6 is 15.9 Å². The first-order chi connectivity index (χ1) is 8.47. The summed E-state index contributed by atoms with van der Waals surface area (Å²) in [4.78, 5) is 11.7. The van der Waals surface area contributed by atoms with Gasteiger partial charge in [0, 0.05) is 11.0 Å². The predicted octanol–water partition coefficient (Wildman–Crippen LogP) is 2.23. The molecule has 0 spiro atoms. The van der Waals surface area contributed by atoms with E-state index in [1.165, 1.54) is 0 Å². The first-order valence-corrected chi connectivity index (χ1v) is 6.37. The van der Waals surface area contributed by atoms with Crippen molar-refractivity contribution in [2.45, 2.75) is 18.9 Å². The van der Waals surface area contributed by atoms with Gasteiger partial charge in [0.2, 0.25) is 0 Å². The minimum absolute atomic E-state index is 0.186. The number of carbonyl (C=O) groups excluding carboxylic acids is 1. The lowest BCUT2D eigenvalue weighted by Crippen LogP contribution is -2.38. The molecule has 0 unspecified atom stereocenters. The van der Waals surface area contributed by atoms with Crippen LogP contribution < -0.4 is 5.32 Å². The van der Waals surface area contributed by atoms with E-state index >= 15 is 0 Å². The summed E-state index contributed by atoms with van der Waals surface area (Å²) < 4.78 is 27.2. The molecular formula is C12H12BrF2NO2. The van der Waals surface area contributed by atoms with Crippen molar-refractivity contribution in [3.8, 4) is 0 Å². The Morgan fingerprint density at radius 3 is 2.44 bits per heavy atom. The molecule has 2 N–H and O–H groups in total. The van der Waals surface area contributed by atoms with Gasteiger partial charge in [0.25, 0.3) is 5.91 Å². The second kappa shape index (κ2) is 5.32. The molecule has 0 atom stereocenters. The molecule has 0 aliphatic heterocycles. The van der Waals surface area contributed by atoms with Crippen LogP contribution in [0, 0.1) is 17.6 Å². The molecule has 1 amide bonds. The van der Waals surface area contributed by atoms with Crippen LogP contribution in [0.5, 0.6) is 0 Å². The molecule has 1 saturated carbocycles. The number of amides is 1. The van der Waals surface area contributed by atoms with E-state index in [1.54, 1.807) is 0 Å². The molecule has 1 aliphatic rings. The third kappa shape index (κ3) is 2.87. The zero-order valence-electron chi connectivity index (χ0n) is 9.42. The Balaban J connectivity index is 2.00. The molecule has 3 nitrogen and oxygen atoms in total. The van der Waals surface area contributed by atoms with Crippen molar-refractivity contribution in [3.05, 3.63) is 33.8 Å². The van der Waals surface area contributed by atoms with Gasteiger partial charge < -0.3 is 10.4 Å². The van der Waals surface area contributed by atoms with Gasteiger partial charge >= 0.3 is 0 Å². The minimum Gasteiger partial charge on any atom is -0.393 e. The normalized spacial score (nSPS) is 22.4. The molecule has 0 saturated heterocycles. The minimum atomic E-state index is -0.895. The van der Waals surface area contributed by atoms with Gasteiger partial charge in [-0.2, -0.15) is 0 Å². The Labute approximate surface area is 111 Å². The highest BCUT2D eigenvalue weighted by atomic mass is 79.9. The highest BCUT2D eigenvalue weighted by Gasteiger charge is 2.28. The largest absolute Gasteiger partial charge is 0.393 e. The van der Waals surface area contributed by atoms with Crippen molar-refractivity contribution in [2.24, 2.45) is 5.92 Å². The third-order valence-electron chi connectivity index (χ3n) is 3.00. The van der Waals surface area contributed by atoms with Crippen LogP contribution in [-0.2, 0) is 0 Å². The van der Waals surface area contributed by atoms with Gasteiger partial charge in [-0.1, -0.05) is 15.9 Å². The van der Waals surface area contributed by atoms with Crippen molar-refractivity contribution in [1.29, 1.82) is 0 Å². The summed E-state index contributed by atoms with van der Waals surface area (Å²) in [7, 11) is 0. The van der Waals surface area contributed by atoms with Gasteiger partial charge in [-0.3, -0.25) is 4.79 Å². The van der Waals surface area contributed by atoms with Gasteiger partial charge in [-0.25, -0.2) is 8.78 Å². The second-order valence-electron chi connectivity index (χ2n) is 4.45. The summed E-state index contributed by atoms with van der Waals surface area (Å²) >= 11 is 2.95. The molecule has 0 bridgehead atoms. The summed E-state index contributed by atoms with van der Waals surface area (Å²) in [6, 6.07) is 2.09. The number of hydrogen-bond donors (Lipinski definition) is 2. The fraction of sp³-hybridized carbons (Fsp3) is 0.417. The van der Waals surface area contributed by atoms with E-state index in [2.05, 4.69) is 21.2 Å². The molecule has 0 heterocycles. The molecule has 1 aromatic carbocycles. The maximum Gasteiger partial charge on any atom is 0.257 e. The first kappa shape index (κ1) is 13.4. The summed E-state index contributed by atoms with van der Waals surface area (Å²) in [5, 5.41) is 11.6. The molecule has 6 heteroatoms. The Hall–Kier alpha value is -1.01. The lowest BCUT2D eigenvalue weighted by molar-refractivity contribution is 0.0419. The third-order valence-corrected chi connectivity index (χ3v) is 3.45. The lowest BCUT2D eigenvalue weighted by Gasteiger charge is -2.31. The van der Waals surface area contributed by atoms with Crippen LogP contribution in [-0.4, -0.2) is 23.7 Å². The van der Waals surface area contributed by atoms with E-state index in [9.17, 15) is 13.6 Å². The van der Waals surface area contributed by atoms with Crippen LogP contribution in [0.4, 0.5) is 8.78 Å². The highest BCUT2D eigenvalue weighted by molar-refractivity contribution is 9.10. The number of nitrogens with one attached hydrogen (secondary N) is 1. The van der Waals surface area contributed by atoms with Gasteiger partial charge in [-0.05, 0) is 30.9 Å². The van der Waals surface area contributed by atoms with Crippen molar-refractivity contribution >= 4 is 21.8 Å². The van der Waals surface area contributed by atoms with Crippen LogP contribution in [0.15, 0.2) is 16.6 Å². The quantitative estimate of drug-likeness (QED) is 0.897. The number of carbonyl (C=O) groups is 1. The smallest absolute Gasteiger partial charge is 0.257 e. The Kier molecular flexibility index (Phi) is 3.97. The zero-order valence-corrected chi connectivity index (χ0v) is 11.0. The average molecular weight is 320 g/mol. The summed E-state index contributed by atoms with van der Waals surface area (Å²) in [5.41, 5.74) is -0.571. The van der Waals surface area contributed by atoms with Gasteiger partial charge in [0.15, 0.2) is 0 Å². The van der Waals surface area contributed by atoms with Crippen LogP contribution in [0.3, 0.4) is 0 Å². The fourth-order valence-electron chi connectivity index (χ4n) is 1.95. The summed E-state index contributed by atoms with van der Waals surface area (Å²) in [6.45, 7) is 0.324. The maximum atomic E-state index is 13.5. The number of hydrogen-bond acceptors (Lipinski definition) is 2. The highest BCUT2D eigenvalue weighted by Crippen LogP contribution is 2.26. The molecule has 1 fully saturated rings. The van der Waals surface area contributed by atoms with E-state index in [-0.39, 0.29) is 16.5 Å². The maximum absolute atomic E-state index is 13.5. The van der Waals surface area contributed by atoms with E-state index in [4.69, 9.17) is 5.11 Å². The Morgan fingerprint density at radius 1 is 1.39 bits per heavy atom. The topological polar surface area (TPSA) is 49.3 Å². The molecule has 18 heavy (non-hydrogen) atoms. The molecular weight excluding hydrogens is 308 g/mol. The summed E-state index contributed by atoms with van der Waals surface area (Å²) in [5.74, 6) is -2.37. The zero-order chi connectivity index (χ0) is 13.3. The number of halogens is 3. The Morgan fingerprint density at radius 2 is 1.94 bits per heavy atom. The second-order valence-corrected chi connectivity index (χ2v) is 5.36. The molecule has 0 aromatic heterocycles. The summed E-state index contributed by atoms with van der Waals surface area (Å²) in [6.07, 6.45) is 0.921. The van der Waals surface area contributed by atoms with Crippen molar-refractivity contribution < 1.29 is 18.7 Å². The molecule has 2 rings (SSSR count). The molecule has 1 aromatic rings. The number of aliphatic hydroxyl groups excluding tert-OH is 1. The fourth-order valence-corrected chi connectivity index (χ4v) is 2.35. The van der Waals surface area contributed by atoms with Crippen LogP contribution in [0.2, 0.25) is 0 Å². The molecule has 98 valence electrons. The van der Waals surface area contributed by atoms with E-state index in [0.29, 0.717) is 19.4 Å².